The molecule has 0 unspecified atom stereocenters. The van der Waals surface area contributed by atoms with Gasteiger partial charge in [0.2, 0.25) is 11.9 Å². The topological polar surface area (TPSA) is 116 Å². The van der Waals surface area contributed by atoms with Crippen LogP contribution in [0, 0.1) is 24.2 Å². The molecule has 1 atom stereocenters. The number of benzene rings is 1. The summed E-state index contributed by atoms with van der Waals surface area (Å²) in [5.41, 5.74) is 2.92. The Kier molecular flexibility index (Phi) is 6.34. The lowest BCUT2D eigenvalue weighted by molar-refractivity contribution is -0.145. The van der Waals surface area contributed by atoms with Crippen molar-refractivity contribution < 1.29 is 18.4 Å². The van der Waals surface area contributed by atoms with Gasteiger partial charge in [0.15, 0.2) is 0 Å². The molecule has 3 heterocycles. The number of nitriles is 1. The van der Waals surface area contributed by atoms with Crippen LogP contribution in [0.4, 0.5) is 20.4 Å². The molecule has 0 bridgehead atoms. The van der Waals surface area contributed by atoms with Gasteiger partial charge in [-0.2, -0.15) is 5.26 Å². The Balaban J connectivity index is 1.30. The van der Waals surface area contributed by atoms with E-state index >= 15 is 0 Å². The van der Waals surface area contributed by atoms with Gasteiger partial charge in [-0.05, 0) is 49.7 Å². The monoisotopic (exact) mass is 519 g/mol. The third kappa shape index (κ3) is 4.69. The van der Waals surface area contributed by atoms with Gasteiger partial charge in [-0.15, -0.1) is 0 Å². The predicted molar refractivity (Wildman–Crippen MR) is 136 cm³/mol. The van der Waals surface area contributed by atoms with Gasteiger partial charge in [0.25, 0.3) is 11.8 Å². The zero-order valence-electron chi connectivity index (χ0n) is 21.0. The van der Waals surface area contributed by atoms with Crippen LogP contribution in [0.5, 0.6) is 0 Å². The van der Waals surface area contributed by atoms with E-state index in [0.29, 0.717) is 23.8 Å². The summed E-state index contributed by atoms with van der Waals surface area (Å²) in [6.45, 7) is 4.70. The lowest BCUT2D eigenvalue weighted by Gasteiger charge is -2.50. The fourth-order valence-electron chi connectivity index (χ4n) is 4.84. The van der Waals surface area contributed by atoms with Gasteiger partial charge in [0, 0.05) is 61.5 Å². The third-order valence-corrected chi connectivity index (χ3v) is 7.07. The maximum absolute atomic E-state index is 13.4. The van der Waals surface area contributed by atoms with Crippen LogP contribution >= 0.6 is 0 Å². The average molecular weight is 520 g/mol. The van der Waals surface area contributed by atoms with E-state index in [1.54, 1.807) is 24.4 Å². The van der Waals surface area contributed by atoms with Gasteiger partial charge < -0.3 is 20.1 Å². The predicted octanol–water partition coefficient (Wildman–Crippen LogP) is 3.85. The molecule has 9 nitrogen and oxygen atoms in total. The van der Waals surface area contributed by atoms with Crippen molar-refractivity contribution >= 4 is 23.5 Å². The van der Waals surface area contributed by atoms with Gasteiger partial charge in [-0.3, -0.25) is 9.59 Å². The average Bonchev–Trinajstić information content (AvgIpc) is 3.24. The van der Waals surface area contributed by atoms with Gasteiger partial charge >= 0.3 is 0 Å². The maximum atomic E-state index is 13.4. The van der Waals surface area contributed by atoms with E-state index in [4.69, 9.17) is 0 Å². The van der Waals surface area contributed by atoms with Crippen LogP contribution in [-0.4, -0.2) is 56.8 Å². The van der Waals surface area contributed by atoms with Crippen molar-refractivity contribution in [2.24, 2.45) is 5.92 Å². The summed E-state index contributed by atoms with van der Waals surface area (Å²) in [7, 11) is 0. The Bertz CT molecular complexity index is 1440. The van der Waals surface area contributed by atoms with Gasteiger partial charge in [-0.25, -0.2) is 18.7 Å². The zero-order valence-corrected chi connectivity index (χ0v) is 21.0. The smallest absolute Gasteiger partial charge is 0.260 e. The molecule has 0 spiro atoms. The number of aryl methyl sites for hydroxylation is 1. The molecular formula is C27H27F2N7O2. The highest BCUT2D eigenvalue weighted by Crippen LogP contribution is 2.51. The van der Waals surface area contributed by atoms with Crippen molar-refractivity contribution in [3.8, 4) is 17.3 Å². The highest BCUT2D eigenvalue weighted by atomic mass is 19.3. The number of carbonyl (C=O) groups excluding carboxylic acids is 2. The van der Waals surface area contributed by atoms with Crippen LogP contribution in [0.3, 0.4) is 0 Å². The second-order valence-corrected chi connectivity index (χ2v) is 9.86. The third-order valence-electron chi connectivity index (χ3n) is 7.07. The fourth-order valence-corrected chi connectivity index (χ4v) is 4.84. The summed E-state index contributed by atoms with van der Waals surface area (Å²) in [4.78, 5) is 34.8. The first-order chi connectivity index (χ1) is 18.2. The molecule has 38 heavy (non-hydrogen) atoms. The zero-order chi connectivity index (χ0) is 27.1. The number of hydrogen-bond donors (Lipinski definition) is 2. The van der Waals surface area contributed by atoms with E-state index < -0.39 is 29.7 Å². The SMILES string of the molecule is CCNC(=O)c1ccc(Nc2nccc(-c3ccn(C4(CC#N)CN(C(=O)[C@@H]5CC5(F)F)C4)c3)n2)cc1C. The van der Waals surface area contributed by atoms with Crippen LogP contribution in [-0.2, 0) is 10.3 Å². The number of alkyl halides is 2. The first kappa shape index (κ1) is 25.3. The highest BCUT2D eigenvalue weighted by molar-refractivity contribution is 5.96. The maximum Gasteiger partial charge on any atom is 0.260 e. The molecule has 196 valence electrons. The first-order valence-corrected chi connectivity index (χ1v) is 12.4. The molecule has 11 heteroatoms. The number of nitrogens with one attached hydrogen (secondary N) is 2. The van der Waals surface area contributed by atoms with Crippen molar-refractivity contribution in [3.63, 3.8) is 0 Å². The van der Waals surface area contributed by atoms with Crippen molar-refractivity contribution in [2.45, 2.75) is 38.2 Å². The van der Waals surface area contributed by atoms with E-state index in [1.165, 1.54) is 4.90 Å². The second kappa shape index (κ2) is 9.52. The van der Waals surface area contributed by atoms with Crippen LogP contribution in [0.1, 0.15) is 35.7 Å². The minimum Gasteiger partial charge on any atom is -0.352 e. The Morgan fingerprint density at radius 1 is 1.24 bits per heavy atom. The van der Waals surface area contributed by atoms with Crippen LogP contribution in [0.2, 0.25) is 0 Å². The van der Waals surface area contributed by atoms with Gasteiger partial charge in [0.1, 0.15) is 5.92 Å². The molecule has 2 fully saturated rings. The summed E-state index contributed by atoms with van der Waals surface area (Å²) in [6.07, 6.45) is 5.04. The lowest BCUT2D eigenvalue weighted by atomic mass is 9.86. The number of likely N-dealkylation sites (tertiary alicyclic amines) is 1. The second-order valence-electron chi connectivity index (χ2n) is 9.86. The molecule has 3 aromatic rings. The molecule has 1 aliphatic carbocycles. The molecule has 2 aromatic heterocycles. The van der Waals surface area contributed by atoms with Gasteiger partial charge in [0.05, 0.1) is 23.7 Å². The molecule has 2 N–H and O–H groups in total. The molecule has 2 aliphatic rings. The lowest BCUT2D eigenvalue weighted by Crippen LogP contribution is -2.64. The van der Waals surface area contributed by atoms with Crippen LogP contribution in [0.15, 0.2) is 48.9 Å². The number of hydrogen-bond acceptors (Lipinski definition) is 6. The van der Waals surface area contributed by atoms with Crippen molar-refractivity contribution in [1.29, 1.82) is 5.26 Å². The van der Waals surface area contributed by atoms with E-state index in [9.17, 15) is 23.6 Å². The van der Waals surface area contributed by atoms with Crippen LogP contribution in [0.25, 0.3) is 11.3 Å². The summed E-state index contributed by atoms with van der Waals surface area (Å²) in [6, 6.07) is 11.2. The van der Waals surface area contributed by atoms with E-state index in [0.717, 1.165) is 16.8 Å². The summed E-state index contributed by atoms with van der Waals surface area (Å²) in [5.74, 6) is -4.44. The molecule has 5 rings (SSSR count). The summed E-state index contributed by atoms with van der Waals surface area (Å²) >= 11 is 0. The molecular weight excluding hydrogens is 492 g/mol. The number of halogens is 2. The minimum atomic E-state index is -2.91. The van der Waals surface area contributed by atoms with Crippen LogP contribution < -0.4 is 10.6 Å². The minimum absolute atomic E-state index is 0.127. The molecule has 1 saturated heterocycles. The Morgan fingerprint density at radius 3 is 2.66 bits per heavy atom. The fraction of sp³-hybridized carbons (Fsp3) is 0.370. The largest absolute Gasteiger partial charge is 0.352 e. The number of aromatic nitrogens is 3. The standard InChI is InChI=1S/C27H27F2N7O2/c1-3-31-23(37)20-5-4-19(12-17(20)2)33-25-32-10-6-22(34-25)18-7-11-36(14-18)26(8-9-30)15-35(16-26)24(38)21-13-27(21,28)29/h4-7,10-12,14,21H,3,8,13,15-16H2,1-2H3,(H,31,37)(H,32,33,34)/t21-/m0/s1. The van der Waals surface area contributed by atoms with Crippen molar-refractivity contribution in [3.05, 3.63) is 60.0 Å². The summed E-state index contributed by atoms with van der Waals surface area (Å²) < 4.78 is 28.6. The van der Waals surface area contributed by atoms with Gasteiger partial charge in [-0.1, -0.05) is 0 Å². The molecule has 1 aromatic carbocycles. The number of amides is 2. The molecule has 1 saturated carbocycles. The van der Waals surface area contributed by atoms with E-state index in [1.807, 2.05) is 42.9 Å². The Labute approximate surface area is 218 Å². The summed E-state index contributed by atoms with van der Waals surface area (Å²) in [5, 5.41) is 15.4. The van der Waals surface area contributed by atoms with E-state index in [-0.39, 0.29) is 25.4 Å². The Morgan fingerprint density at radius 2 is 2.00 bits per heavy atom. The highest BCUT2D eigenvalue weighted by Gasteiger charge is 2.64. The van der Waals surface area contributed by atoms with Crippen molar-refractivity contribution in [1.82, 2.24) is 24.8 Å². The first-order valence-electron chi connectivity index (χ1n) is 12.4. The quantitative estimate of drug-likeness (QED) is 0.467. The number of carbonyl (C=O) groups is 2. The molecule has 1 aliphatic heterocycles. The normalized spacial score (nSPS) is 18.7. The number of rotatable bonds is 8. The number of anilines is 2. The molecule has 0 radical (unpaired) electrons. The molecule has 2 amide bonds. The van der Waals surface area contributed by atoms with E-state index in [2.05, 4.69) is 26.7 Å². The van der Waals surface area contributed by atoms with Crippen molar-refractivity contribution in [2.75, 3.05) is 25.0 Å². The Hall–Kier alpha value is -4.33. The number of nitrogens with zero attached hydrogens (tertiary/aromatic N) is 5.